The summed E-state index contributed by atoms with van der Waals surface area (Å²) >= 11 is 0. The van der Waals surface area contributed by atoms with Gasteiger partial charge in [0.1, 0.15) is 16.7 Å². The number of nitrogens with zero attached hydrogens (tertiary/aromatic N) is 3. The monoisotopic (exact) mass is 305 g/mol. The molecule has 1 atom stereocenters. The van der Waals surface area contributed by atoms with Crippen LogP contribution < -0.4 is 0 Å². The summed E-state index contributed by atoms with van der Waals surface area (Å²) in [5, 5.41) is 8.76. The molecule has 5 nitrogen and oxygen atoms in total. The molecule has 1 saturated carbocycles. The molecule has 1 aromatic heterocycles. The highest BCUT2D eigenvalue weighted by Crippen LogP contribution is 2.37. The van der Waals surface area contributed by atoms with Crippen LogP contribution in [0.2, 0.25) is 0 Å². The molecule has 1 aromatic rings. The molecule has 0 spiro atoms. The predicted molar refractivity (Wildman–Crippen MR) is 77.8 cm³/mol. The van der Waals surface area contributed by atoms with E-state index in [1.165, 1.54) is 31.2 Å². The fourth-order valence-electron chi connectivity index (χ4n) is 3.61. The average molecular weight is 305 g/mol. The Morgan fingerprint density at radius 1 is 1.19 bits per heavy atom. The van der Waals surface area contributed by atoms with Gasteiger partial charge in [-0.25, -0.2) is 13.4 Å². The molecular formula is C15H19N3O2S. The van der Waals surface area contributed by atoms with E-state index in [1.54, 1.807) is 4.31 Å². The highest BCUT2D eigenvalue weighted by molar-refractivity contribution is 7.89. The maximum atomic E-state index is 12.8. The minimum atomic E-state index is -3.49. The van der Waals surface area contributed by atoms with Crippen LogP contribution in [0.15, 0.2) is 23.2 Å². The van der Waals surface area contributed by atoms with Crippen molar-refractivity contribution in [3.05, 3.63) is 24.0 Å². The summed E-state index contributed by atoms with van der Waals surface area (Å²) < 4.78 is 27.3. The lowest BCUT2D eigenvalue weighted by atomic mass is 9.97. The molecule has 112 valence electrons. The molecule has 0 aromatic carbocycles. The second-order valence-electron chi connectivity index (χ2n) is 5.86. The second kappa shape index (κ2) is 5.74. The largest absolute Gasteiger partial charge is 0.244 e. The van der Waals surface area contributed by atoms with E-state index in [1.807, 2.05) is 6.07 Å². The molecular weight excluding hydrogens is 286 g/mol. The molecule has 0 amide bonds. The van der Waals surface area contributed by atoms with Crippen LogP contribution in [0, 0.1) is 17.2 Å². The van der Waals surface area contributed by atoms with Gasteiger partial charge in [-0.15, -0.1) is 0 Å². The van der Waals surface area contributed by atoms with E-state index in [0.717, 1.165) is 25.7 Å². The molecule has 1 aliphatic carbocycles. The van der Waals surface area contributed by atoms with Gasteiger partial charge < -0.3 is 0 Å². The summed E-state index contributed by atoms with van der Waals surface area (Å²) in [4.78, 5) is 4.09. The van der Waals surface area contributed by atoms with Gasteiger partial charge in [-0.05, 0) is 43.7 Å². The van der Waals surface area contributed by atoms with Crippen molar-refractivity contribution < 1.29 is 8.42 Å². The molecule has 0 radical (unpaired) electrons. The number of pyridine rings is 1. The fraction of sp³-hybridized carbons (Fsp3) is 0.600. The standard InChI is InChI=1S/C15H19N3O2S/c16-10-13-7-8-14(11-17-13)21(19,20)18-9-3-6-15(18)12-4-1-2-5-12/h7-8,11-12,15H,1-6,9H2. The highest BCUT2D eigenvalue weighted by Gasteiger charge is 2.40. The topological polar surface area (TPSA) is 74.1 Å². The quantitative estimate of drug-likeness (QED) is 0.858. The van der Waals surface area contributed by atoms with Crippen LogP contribution in [0.25, 0.3) is 0 Å². The van der Waals surface area contributed by atoms with E-state index >= 15 is 0 Å². The van der Waals surface area contributed by atoms with E-state index in [-0.39, 0.29) is 16.6 Å². The normalized spacial score (nSPS) is 24.2. The molecule has 6 heteroatoms. The first-order valence-corrected chi connectivity index (χ1v) is 8.95. The van der Waals surface area contributed by atoms with Gasteiger partial charge in [0.25, 0.3) is 0 Å². The molecule has 21 heavy (non-hydrogen) atoms. The van der Waals surface area contributed by atoms with Gasteiger partial charge >= 0.3 is 0 Å². The predicted octanol–water partition coefficient (Wildman–Crippen LogP) is 2.30. The Kier molecular flexibility index (Phi) is 3.96. The van der Waals surface area contributed by atoms with Crippen molar-refractivity contribution in [3.63, 3.8) is 0 Å². The van der Waals surface area contributed by atoms with E-state index in [9.17, 15) is 8.42 Å². The van der Waals surface area contributed by atoms with Crippen LogP contribution in [0.4, 0.5) is 0 Å². The van der Waals surface area contributed by atoms with E-state index < -0.39 is 10.0 Å². The van der Waals surface area contributed by atoms with Crippen molar-refractivity contribution in [1.29, 1.82) is 5.26 Å². The summed E-state index contributed by atoms with van der Waals surface area (Å²) in [7, 11) is -3.49. The van der Waals surface area contributed by atoms with Gasteiger partial charge in [-0.3, -0.25) is 0 Å². The van der Waals surface area contributed by atoms with Crippen LogP contribution in [0.1, 0.15) is 44.2 Å². The van der Waals surface area contributed by atoms with Crippen molar-refractivity contribution in [2.24, 2.45) is 5.92 Å². The summed E-state index contributed by atoms with van der Waals surface area (Å²) in [5.74, 6) is 0.508. The third-order valence-corrected chi connectivity index (χ3v) is 6.56. The minimum absolute atomic E-state index is 0.146. The maximum Gasteiger partial charge on any atom is 0.244 e. The van der Waals surface area contributed by atoms with Crippen molar-refractivity contribution in [2.45, 2.75) is 49.5 Å². The maximum absolute atomic E-state index is 12.8. The van der Waals surface area contributed by atoms with Gasteiger partial charge in [0.2, 0.25) is 10.0 Å². The van der Waals surface area contributed by atoms with E-state index in [0.29, 0.717) is 12.5 Å². The Bertz CT molecular complexity index is 642. The first-order valence-electron chi connectivity index (χ1n) is 7.51. The highest BCUT2D eigenvalue weighted by atomic mass is 32.2. The van der Waals surface area contributed by atoms with Gasteiger partial charge in [0, 0.05) is 18.8 Å². The summed E-state index contributed by atoms with van der Waals surface area (Å²) in [6, 6.07) is 5.01. The average Bonchev–Trinajstić information content (AvgIpc) is 3.17. The Morgan fingerprint density at radius 3 is 2.57 bits per heavy atom. The molecule has 2 heterocycles. The minimum Gasteiger partial charge on any atom is -0.244 e. The van der Waals surface area contributed by atoms with Crippen molar-refractivity contribution >= 4 is 10.0 Å². The molecule has 2 fully saturated rings. The lowest BCUT2D eigenvalue weighted by Crippen LogP contribution is -2.39. The number of hydrogen-bond donors (Lipinski definition) is 0. The molecule has 1 unspecified atom stereocenters. The molecule has 0 N–H and O–H groups in total. The van der Waals surface area contributed by atoms with Crippen LogP contribution in [0.5, 0.6) is 0 Å². The number of aromatic nitrogens is 1. The Hall–Kier alpha value is -1.45. The van der Waals surface area contributed by atoms with Crippen molar-refractivity contribution in [3.8, 4) is 6.07 Å². The van der Waals surface area contributed by atoms with Gasteiger partial charge in [-0.2, -0.15) is 9.57 Å². The van der Waals surface area contributed by atoms with Crippen LogP contribution in [-0.4, -0.2) is 30.3 Å². The number of nitriles is 1. The first-order chi connectivity index (χ1) is 10.1. The molecule has 2 aliphatic rings. The third kappa shape index (κ3) is 2.68. The van der Waals surface area contributed by atoms with Crippen LogP contribution >= 0.6 is 0 Å². The molecule has 1 aliphatic heterocycles. The molecule has 3 rings (SSSR count). The zero-order valence-electron chi connectivity index (χ0n) is 11.9. The van der Waals surface area contributed by atoms with Crippen molar-refractivity contribution in [2.75, 3.05) is 6.54 Å². The summed E-state index contributed by atoms with van der Waals surface area (Å²) in [6.45, 7) is 0.601. The van der Waals surface area contributed by atoms with Gasteiger partial charge in [-0.1, -0.05) is 12.8 Å². The second-order valence-corrected chi connectivity index (χ2v) is 7.75. The molecule has 1 saturated heterocycles. The Morgan fingerprint density at radius 2 is 1.95 bits per heavy atom. The summed E-state index contributed by atoms with van der Waals surface area (Å²) in [6.07, 6.45) is 7.92. The number of sulfonamides is 1. The van der Waals surface area contributed by atoms with Crippen LogP contribution in [0.3, 0.4) is 0 Å². The molecule has 0 bridgehead atoms. The van der Waals surface area contributed by atoms with E-state index in [4.69, 9.17) is 5.26 Å². The van der Waals surface area contributed by atoms with Crippen LogP contribution in [-0.2, 0) is 10.0 Å². The summed E-state index contributed by atoms with van der Waals surface area (Å²) in [5.41, 5.74) is 0.239. The number of rotatable bonds is 3. The van der Waals surface area contributed by atoms with Gasteiger partial charge in [0.15, 0.2) is 0 Å². The van der Waals surface area contributed by atoms with Gasteiger partial charge in [0.05, 0.1) is 0 Å². The lowest BCUT2D eigenvalue weighted by Gasteiger charge is -2.28. The Labute approximate surface area is 125 Å². The first kappa shape index (κ1) is 14.5. The zero-order chi connectivity index (χ0) is 14.9. The third-order valence-electron chi connectivity index (χ3n) is 4.65. The smallest absolute Gasteiger partial charge is 0.244 e. The number of hydrogen-bond acceptors (Lipinski definition) is 4. The fourth-order valence-corrected chi connectivity index (χ4v) is 5.31. The lowest BCUT2D eigenvalue weighted by molar-refractivity contribution is 0.288. The van der Waals surface area contributed by atoms with Crippen molar-refractivity contribution in [1.82, 2.24) is 9.29 Å². The Balaban J connectivity index is 1.87. The SMILES string of the molecule is N#Cc1ccc(S(=O)(=O)N2CCCC2C2CCCC2)cn1. The zero-order valence-corrected chi connectivity index (χ0v) is 12.7. The van der Waals surface area contributed by atoms with E-state index in [2.05, 4.69) is 4.98 Å².